The SMILES string of the molecule is Nc1ccc(CNC(=O)c2nc[nH]c(=O)c2O)cc1O. The zero-order valence-electron chi connectivity index (χ0n) is 10.3. The number of aromatic amines is 1. The van der Waals surface area contributed by atoms with Crippen LogP contribution in [-0.4, -0.2) is 26.1 Å². The van der Waals surface area contributed by atoms with E-state index in [2.05, 4.69) is 15.3 Å². The number of phenolic OH excluding ortho intramolecular Hbond substituents is 1. The Morgan fingerprint density at radius 2 is 2.15 bits per heavy atom. The Bertz CT molecular complexity index is 711. The van der Waals surface area contributed by atoms with Crippen molar-refractivity contribution in [3.63, 3.8) is 0 Å². The highest BCUT2D eigenvalue weighted by Gasteiger charge is 2.15. The van der Waals surface area contributed by atoms with Gasteiger partial charge in [0.05, 0.1) is 12.0 Å². The molecule has 0 radical (unpaired) electrons. The van der Waals surface area contributed by atoms with Crippen molar-refractivity contribution in [1.29, 1.82) is 0 Å². The number of benzene rings is 1. The van der Waals surface area contributed by atoms with Crippen LogP contribution in [0.4, 0.5) is 5.69 Å². The number of hydrogen-bond donors (Lipinski definition) is 5. The predicted octanol–water partition coefficient (Wildman–Crippen LogP) is -0.307. The lowest BCUT2D eigenvalue weighted by Gasteiger charge is -2.07. The fourth-order valence-electron chi connectivity index (χ4n) is 1.52. The van der Waals surface area contributed by atoms with Crippen LogP contribution in [0.5, 0.6) is 11.5 Å². The van der Waals surface area contributed by atoms with Crippen molar-refractivity contribution in [2.45, 2.75) is 6.54 Å². The number of anilines is 1. The van der Waals surface area contributed by atoms with E-state index in [4.69, 9.17) is 5.73 Å². The second kappa shape index (κ2) is 5.31. The maximum absolute atomic E-state index is 11.8. The second-order valence-corrected chi connectivity index (χ2v) is 4.00. The second-order valence-electron chi connectivity index (χ2n) is 4.00. The molecule has 0 bridgehead atoms. The third-order valence-corrected chi connectivity index (χ3v) is 2.59. The molecule has 1 aromatic carbocycles. The molecule has 2 aromatic rings. The van der Waals surface area contributed by atoms with Gasteiger partial charge in [0.15, 0.2) is 5.69 Å². The van der Waals surface area contributed by atoms with Crippen molar-refractivity contribution in [3.05, 3.63) is 46.1 Å². The van der Waals surface area contributed by atoms with Crippen LogP contribution in [0.3, 0.4) is 0 Å². The summed E-state index contributed by atoms with van der Waals surface area (Å²) in [4.78, 5) is 28.6. The Morgan fingerprint density at radius 1 is 1.40 bits per heavy atom. The molecule has 0 aliphatic rings. The highest BCUT2D eigenvalue weighted by molar-refractivity contribution is 5.94. The molecule has 1 aromatic heterocycles. The van der Waals surface area contributed by atoms with Gasteiger partial charge in [-0.05, 0) is 17.7 Å². The van der Waals surface area contributed by atoms with Gasteiger partial charge in [-0.1, -0.05) is 6.07 Å². The summed E-state index contributed by atoms with van der Waals surface area (Å²) < 4.78 is 0. The Balaban J connectivity index is 2.10. The quantitative estimate of drug-likeness (QED) is 0.384. The highest BCUT2D eigenvalue weighted by atomic mass is 16.3. The van der Waals surface area contributed by atoms with Crippen molar-refractivity contribution in [2.75, 3.05) is 5.73 Å². The van der Waals surface area contributed by atoms with Crippen molar-refractivity contribution in [1.82, 2.24) is 15.3 Å². The first-order valence-electron chi connectivity index (χ1n) is 5.61. The number of phenols is 1. The third-order valence-electron chi connectivity index (χ3n) is 2.59. The van der Waals surface area contributed by atoms with E-state index in [0.29, 0.717) is 5.56 Å². The summed E-state index contributed by atoms with van der Waals surface area (Å²) in [5.41, 5.74) is 5.13. The number of rotatable bonds is 3. The molecule has 0 unspecified atom stereocenters. The molecule has 6 N–H and O–H groups in total. The monoisotopic (exact) mass is 276 g/mol. The number of nitrogen functional groups attached to an aromatic ring is 1. The standard InChI is InChI=1S/C12H12N4O4/c13-7-2-1-6(3-8(7)17)4-14-11(19)9-10(18)12(20)16-5-15-9/h1-3,5,17-18H,4,13H2,(H,14,19)(H,15,16,20). The van der Waals surface area contributed by atoms with E-state index in [-0.39, 0.29) is 23.7 Å². The number of nitrogens with one attached hydrogen (secondary N) is 2. The van der Waals surface area contributed by atoms with Crippen LogP contribution in [0.1, 0.15) is 16.1 Å². The molecule has 0 fully saturated rings. The summed E-state index contributed by atoms with van der Waals surface area (Å²) >= 11 is 0. The molecular weight excluding hydrogens is 264 g/mol. The van der Waals surface area contributed by atoms with Gasteiger partial charge < -0.3 is 26.2 Å². The number of aromatic hydroxyl groups is 2. The summed E-state index contributed by atoms with van der Waals surface area (Å²) in [6, 6.07) is 4.53. The summed E-state index contributed by atoms with van der Waals surface area (Å²) in [5, 5.41) is 21.3. The Morgan fingerprint density at radius 3 is 2.85 bits per heavy atom. The van der Waals surface area contributed by atoms with Gasteiger partial charge in [-0.15, -0.1) is 0 Å². The van der Waals surface area contributed by atoms with Crippen LogP contribution in [0.2, 0.25) is 0 Å². The molecule has 104 valence electrons. The molecule has 1 heterocycles. The summed E-state index contributed by atoms with van der Waals surface area (Å²) in [5.74, 6) is -1.54. The van der Waals surface area contributed by atoms with E-state index in [9.17, 15) is 19.8 Å². The molecule has 8 heteroatoms. The van der Waals surface area contributed by atoms with Gasteiger partial charge in [-0.25, -0.2) is 4.98 Å². The maximum Gasteiger partial charge on any atom is 0.293 e. The summed E-state index contributed by atoms with van der Waals surface area (Å²) in [6.45, 7) is 0.0839. The average Bonchev–Trinajstić information content (AvgIpc) is 2.43. The average molecular weight is 276 g/mol. The molecule has 0 saturated heterocycles. The predicted molar refractivity (Wildman–Crippen MR) is 70.2 cm³/mol. The van der Waals surface area contributed by atoms with E-state index < -0.39 is 17.2 Å². The number of carbonyl (C=O) groups excluding carboxylic acids is 1. The number of amides is 1. The van der Waals surface area contributed by atoms with Gasteiger partial charge in [0.2, 0.25) is 5.75 Å². The Labute approximate surface area is 112 Å². The van der Waals surface area contributed by atoms with Crippen LogP contribution < -0.4 is 16.6 Å². The maximum atomic E-state index is 11.8. The smallest absolute Gasteiger partial charge is 0.293 e. The highest BCUT2D eigenvalue weighted by Crippen LogP contribution is 2.20. The van der Waals surface area contributed by atoms with Crippen molar-refractivity contribution >= 4 is 11.6 Å². The number of nitrogens with two attached hydrogens (primary N) is 1. The van der Waals surface area contributed by atoms with Gasteiger partial charge in [0.1, 0.15) is 5.75 Å². The first-order chi connectivity index (χ1) is 9.49. The van der Waals surface area contributed by atoms with Crippen molar-refractivity contribution < 1.29 is 15.0 Å². The number of nitrogens with zero attached hydrogens (tertiary/aromatic N) is 1. The summed E-state index contributed by atoms with van der Waals surface area (Å²) in [7, 11) is 0. The normalized spacial score (nSPS) is 10.2. The minimum absolute atomic E-state index is 0.0839. The Kier molecular flexibility index (Phi) is 3.56. The molecule has 0 spiro atoms. The van der Waals surface area contributed by atoms with Crippen LogP contribution in [-0.2, 0) is 6.54 Å². The minimum atomic E-state index is -0.796. The third kappa shape index (κ3) is 2.69. The lowest BCUT2D eigenvalue weighted by Crippen LogP contribution is -2.26. The lowest BCUT2D eigenvalue weighted by molar-refractivity contribution is 0.0942. The Hall–Kier alpha value is -3.03. The van der Waals surface area contributed by atoms with Crippen LogP contribution >= 0.6 is 0 Å². The van der Waals surface area contributed by atoms with E-state index in [1.165, 1.54) is 12.1 Å². The molecule has 0 aliphatic heterocycles. The molecule has 1 amide bonds. The molecule has 20 heavy (non-hydrogen) atoms. The van der Waals surface area contributed by atoms with Crippen LogP contribution in [0.25, 0.3) is 0 Å². The molecule has 0 aliphatic carbocycles. The largest absolute Gasteiger partial charge is 0.506 e. The molecule has 8 nitrogen and oxygen atoms in total. The fourth-order valence-corrected chi connectivity index (χ4v) is 1.52. The van der Waals surface area contributed by atoms with Crippen LogP contribution in [0, 0.1) is 0 Å². The molecule has 0 saturated carbocycles. The zero-order valence-corrected chi connectivity index (χ0v) is 10.3. The fraction of sp³-hybridized carbons (Fsp3) is 0.0833. The lowest BCUT2D eigenvalue weighted by atomic mass is 10.2. The topological polar surface area (TPSA) is 141 Å². The van der Waals surface area contributed by atoms with Gasteiger partial charge in [0.25, 0.3) is 11.5 Å². The molecular formula is C12H12N4O4. The first-order valence-corrected chi connectivity index (χ1v) is 5.61. The van der Waals surface area contributed by atoms with E-state index >= 15 is 0 Å². The van der Waals surface area contributed by atoms with Crippen LogP contribution in [0.15, 0.2) is 29.3 Å². The van der Waals surface area contributed by atoms with Gasteiger partial charge in [-0.2, -0.15) is 0 Å². The van der Waals surface area contributed by atoms with Gasteiger partial charge in [-0.3, -0.25) is 9.59 Å². The number of H-pyrrole nitrogens is 1. The first kappa shape index (κ1) is 13.4. The van der Waals surface area contributed by atoms with E-state index in [1.54, 1.807) is 6.07 Å². The number of aromatic nitrogens is 2. The van der Waals surface area contributed by atoms with Crippen molar-refractivity contribution in [3.8, 4) is 11.5 Å². The van der Waals surface area contributed by atoms with Gasteiger partial charge >= 0.3 is 0 Å². The molecule has 0 atom stereocenters. The molecule has 2 rings (SSSR count). The van der Waals surface area contributed by atoms with Gasteiger partial charge in [0, 0.05) is 6.54 Å². The van der Waals surface area contributed by atoms with Crippen molar-refractivity contribution in [2.24, 2.45) is 0 Å². The van der Waals surface area contributed by atoms with E-state index in [1.807, 2.05) is 0 Å². The van der Waals surface area contributed by atoms with E-state index in [0.717, 1.165) is 6.33 Å². The zero-order chi connectivity index (χ0) is 14.7. The number of hydrogen-bond acceptors (Lipinski definition) is 6. The minimum Gasteiger partial charge on any atom is -0.506 e. The summed E-state index contributed by atoms with van der Waals surface area (Å²) in [6.07, 6.45) is 1.02. The number of carbonyl (C=O) groups is 1.